The van der Waals surface area contributed by atoms with Crippen LogP contribution in [0.2, 0.25) is 0 Å². The van der Waals surface area contributed by atoms with Gasteiger partial charge in [-0.2, -0.15) is 0 Å². The lowest BCUT2D eigenvalue weighted by Gasteiger charge is -2.12. The molecule has 3 N–H and O–H groups in total. The lowest BCUT2D eigenvalue weighted by molar-refractivity contribution is 0.0947. The molecule has 1 amide bonds. The van der Waals surface area contributed by atoms with E-state index in [-0.39, 0.29) is 5.91 Å². The lowest BCUT2D eigenvalue weighted by Crippen LogP contribution is -2.24. The number of nitrogens with one attached hydrogen (secondary N) is 1. The zero-order chi connectivity index (χ0) is 15.2. The number of methoxy groups -OCH3 is 1. The zero-order valence-corrected chi connectivity index (χ0v) is 12.2. The highest BCUT2D eigenvalue weighted by atomic mass is 16.5. The Morgan fingerprint density at radius 2 is 2.14 bits per heavy atom. The van der Waals surface area contributed by atoms with Gasteiger partial charge in [0.2, 0.25) is 0 Å². The number of anilines is 1. The molecule has 5 nitrogen and oxygen atoms in total. The molecule has 0 atom stereocenters. The minimum Gasteiger partial charge on any atom is -0.494 e. The molecule has 21 heavy (non-hydrogen) atoms. The number of carbonyl (C=O) groups excluding carboxylic acids is 1. The van der Waals surface area contributed by atoms with E-state index in [1.54, 1.807) is 24.4 Å². The number of carbonyl (C=O) groups is 1. The van der Waals surface area contributed by atoms with Crippen molar-refractivity contribution in [2.75, 3.05) is 12.8 Å². The summed E-state index contributed by atoms with van der Waals surface area (Å²) in [5.74, 6) is 0.165. The predicted octanol–water partition coefficient (Wildman–Crippen LogP) is 2.16. The van der Waals surface area contributed by atoms with Crippen molar-refractivity contribution in [3.8, 4) is 5.75 Å². The molecule has 1 aromatic carbocycles. The molecule has 1 aromatic heterocycles. The minimum absolute atomic E-state index is 0.230. The Bertz CT molecular complexity index is 641. The summed E-state index contributed by atoms with van der Waals surface area (Å²) < 4.78 is 5.19. The van der Waals surface area contributed by atoms with Gasteiger partial charge in [-0.25, -0.2) is 0 Å². The second-order valence-electron chi connectivity index (χ2n) is 4.57. The molecule has 0 saturated carbocycles. The van der Waals surface area contributed by atoms with Crippen molar-refractivity contribution in [1.29, 1.82) is 0 Å². The summed E-state index contributed by atoms with van der Waals surface area (Å²) >= 11 is 0. The number of aryl methyl sites for hydroxylation is 1. The van der Waals surface area contributed by atoms with E-state index in [1.807, 2.05) is 12.1 Å². The monoisotopic (exact) mass is 285 g/mol. The summed E-state index contributed by atoms with van der Waals surface area (Å²) in [7, 11) is 1.50. The van der Waals surface area contributed by atoms with Crippen LogP contribution in [-0.4, -0.2) is 18.0 Å². The number of nitrogen functional groups attached to an aromatic ring is 1. The lowest BCUT2D eigenvalue weighted by atomic mass is 10.1. The van der Waals surface area contributed by atoms with E-state index in [2.05, 4.69) is 17.2 Å². The van der Waals surface area contributed by atoms with Crippen LogP contribution in [0.25, 0.3) is 0 Å². The van der Waals surface area contributed by atoms with Crippen LogP contribution in [-0.2, 0) is 13.0 Å². The number of hydrogen-bond acceptors (Lipinski definition) is 4. The van der Waals surface area contributed by atoms with E-state index >= 15 is 0 Å². The first kappa shape index (κ1) is 14.8. The standard InChI is InChI=1S/C16H19N3O2/c1-3-11-6-5-9-18-14(11)10-19-16(20)12-7-4-8-13(17)15(12)21-2/h4-9H,3,10,17H2,1-2H3,(H,19,20). The fraction of sp³-hybridized carbons (Fsp3) is 0.250. The number of nitrogens with zero attached hydrogens (tertiary/aromatic N) is 1. The van der Waals surface area contributed by atoms with Crippen LogP contribution in [0.1, 0.15) is 28.5 Å². The Balaban J connectivity index is 2.14. The molecular weight excluding hydrogens is 266 g/mol. The number of hydrogen-bond donors (Lipinski definition) is 2. The molecule has 0 fully saturated rings. The van der Waals surface area contributed by atoms with Crippen molar-refractivity contribution < 1.29 is 9.53 Å². The molecule has 0 bridgehead atoms. The number of aromatic nitrogens is 1. The Morgan fingerprint density at radius 1 is 1.33 bits per heavy atom. The van der Waals surface area contributed by atoms with Gasteiger partial charge in [-0.05, 0) is 30.2 Å². The van der Waals surface area contributed by atoms with Gasteiger partial charge in [0.1, 0.15) is 0 Å². The van der Waals surface area contributed by atoms with E-state index in [0.717, 1.165) is 17.7 Å². The highest BCUT2D eigenvalue weighted by Crippen LogP contribution is 2.25. The molecule has 0 aliphatic carbocycles. The summed E-state index contributed by atoms with van der Waals surface area (Å²) in [6.07, 6.45) is 2.60. The molecule has 0 aliphatic heterocycles. The molecule has 0 unspecified atom stereocenters. The Morgan fingerprint density at radius 3 is 2.86 bits per heavy atom. The SMILES string of the molecule is CCc1cccnc1CNC(=O)c1cccc(N)c1OC. The van der Waals surface area contributed by atoms with Crippen molar-refractivity contribution in [2.24, 2.45) is 0 Å². The fourth-order valence-electron chi connectivity index (χ4n) is 2.17. The van der Waals surface area contributed by atoms with Crippen LogP contribution in [0.5, 0.6) is 5.75 Å². The molecular formula is C16H19N3O2. The summed E-state index contributed by atoms with van der Waals surface area (Å²) in [5, 5.41) is 2.85. The van der Waals surface area contributed by atoms with E-state index < -0.39 is 0 Å². The Kier molecular flexibility index (Phi) is 4.77. The Labute approximate surface area is 124 Å². The summed E-state index contributed by atoms with van der Waals surface area (Å²) in [5.41, 5.74) is 8.66. The normalized spacial score (nSPS) is 10.2. The molecule has 110 valence electrons. The maximum Gasteiger partial charge on any atom is 0.255 e. The zero-order valence-electron chi connectivity index (χ0n) is 12.2. The average molecular weight is 285 g/mol. The first-order valence-corrected chi connectivity index (χ1v) is 6.80. The topological polar surface area (TPSA) is 77.2 Å². The minimum atomic E-state index is -0.230. The van der Waals surface area contributed by atoms with Crippen molar-refractivity contribution >= 4 is 11.6 Å². The number of rotatable bonds is 5. The van der Waals surface area contributed by atoms with Crippen molar-refractivity contribution in [3.05, 3.63) is 53.3 Å². The van der Waals surface area contributed by atoms with Gasteiger partial charge in [-0.1, -0.05) is 19.1 Å². The van der Waals surface area contributed by atoms with Gasteiger partial charge in [-0.15, -0.1) is 0 Å². The summed E-state index contributed by atoms with van der Waals surface area (Å²) in [6.45, 7) is 2.43. The van der Waals surface area contributed by atoms with Crippen molar-refractivity contribution in [3.63, 3.8) is 0 Å². The van der Waals surface area contributed by atoms with Gasteiger partial charge >= 0.3 is 0 Å². The number of benzene rings is 1. The maximum absolute atomic E-state index is 12.3. The quantitative estimate of drug-likeness (QED) is 0.825. The van der Waals surface area contributed by atoms with Gasteiger partial charge in [0.25, 0.3) is 5.91 Å². The van der Waals surface area contributed by atoms with Gasteiger partial charge < -0.3 is 15.8 Å². The highest BCUT2D eigenvalue weighted by molar-refractivity contribution is 5.98. The molecule has 0 saturated heterocycles. The predicted molar refractivity (Wildman–Crippen MR) is 82.2 cm³/mol. The third kappa shape index (κ3) is 3.31. The molecule has 5 heteroatoms. The van der Waals surface area contributed by atoms with Crippen LogP contribution >= 0.6 is 0 Å². The summed E-state index contributed by atoms with van der Waals surface area (Å²) in [6, 6.07) is 9.01. The highest BCUT2D eigenvalue weighted by Gasteiger charge is 2.14. The van der Waals surface area contributed by atoms with Crippen molar-refractivity contribution in [2.45, 2.75) is 19.9 Å². The molecule has 0 aliphatic rings. The first-order chi connectivity index (χ1) is 10.2. The maximum atomic E-state index is 12.3. The Hall–Kier alpha value is -2.56. The number of pyridine rings is 1. The van der Waals surface area contributed by atoms with Gasteiger partial charge in [0, 0.05) is 6.20 Å². The van der Waals surface area contributed by atoms with Crippen LogP contribution in [0.4, 0.5) is 5.69 Å². The second kappa shape index (κ2) is 6.74. The van der Waals surface area contributed by atoms with Crippen LogP contribution in [0, 0.1) is 0 Å². The fourth-order valence-corrected chi connectivity index (χ4v) is 2.17. The van der Waals surface area contributed by atoms with E-state index in [1.165, 1.54) is 7.11 Å². The van der Waals surface area contributed by atoms with E-state index in [4.69, 9.17) is 10.5 Å². The average Bonchev–Trinajstić information content (AvgIpc) is 2.52. The third-order valence-corrected chi connectivity index (χ3v) is 3.28. The molecule has 2 rings (SSSR count). The molecule has 0 spiro atoms. The number of para-hydroxylation sites is 1. The van der Waals surface area contributed by atoms with Gasteiger partial charge in [0.05, 0.1) is 30.6 Å². The first-order valence-electron chi connectivity index (χ1n) is 6.80. The van der Waals surface area contributed by atoms with Crippen LogP contribution in [0.3, 0.4) is 0 Å². The van der Waals surface area contributed by atoms with Crippen LogP contribution < -0.4 is 15.8 Å². The third-order valence-electron chi connectivity index (χ3n) is 3.28. The largest absolute Gasteiger partial charge is 0.494 e. The number of ether oxygens (including phenoxy) is 1. The van der Waals surface area contributed by atoms with Gasteiger partial charge in [0.15, 0.2) is 5.75 Å². The van der Waals surface area contributed by atoms with Gasteiger partial charge in [-0.3, -0.25) is 9.78 Å². The number of nitrogens with two attached hydrogens (primary N) is 1. The van der Waals surface area contributed by atoms with Crippen LogP contribution in [0.15, 0.2) is 36.5 Å². The summed E-state index contributed by atoms with van der Waals surface area (Å²) in [4.78, 5) is 16.6. The van der Waals surface area contributed by atoms with E-state index in [0.29, 0.717) is 23.5 Å². The molecule has 1 heterocycles. The smallest absolute Gasteiger partial charge is 0.255 e. The molecule has 0 radical (unpaired) electrons. The van der Waals surface area contributed by atoms with Crippen molar-refractivity contribution in [1.82, 2.24) is 10.3 Å². The molecule has 2 aromatic rings. The second-order valence-corrected chi connectivity index (χ2v) is 4.57. The van der Waals surface area contributed by atoms with E-state index in [9.17, 15) is 4.79 Å². The number of amides is 1.